The number of phenolic OH excluding ortho intramolecular Hbond substituents is 1. The summed E-state index contributed by atoms with van der Waals surface area (Å²) in [6, 6.07) is 17.3. The predicted octanol–water partition coefficient (Wildman–Crippen LogP) is 4.69. The lowest BCUT2D eigenvalue weighted by Gasteiger charge is -2.07. The first-order valence-electron chi connectivity index (χ1n) is 7.97. The summed E-state index contributed by atoms with van der Waals surface area (Å²) >= 11 is 0. The maximum absolute atomic E-state index is 13.3. The van der Waals surface area contributed by atoms with E-state index in [0.29, 0.717) is 6.42 Å². The third-order valence-electron chi connectivity index (χ3n) is 4.22. The first kappa shape index (κ1) is 15.3. The second-order valence-electron chi connectivity index (χ2n) is 5.85. The van der Waals surface area contributed by atoms with Gasteiger partial charge in [0.15, 0.2) is 0 Å². The van der Waals surface area contributed by atoms with E-state index < -0.39 is 0 Å². The summed E-state index contributed by atoms with van der Waals surface area (Å²) in [5.74, 6) is -0.0316. The molecule has 3 aromatic rings. The van der Waals surface area contributed by atoms with Crippen LogP contribution in [-0.4, -0.2) is 15.8 Å². The van der Waals surface area contributed by atoms with Crippen LogP contribution in [0.5, 0.6) is 5.75 Å². The summed E-state index contributed by atoms with van der Waals surface area (Å²) in [7, 11) is 0. The molecule has 0 bridgehead atoms. The first-order valence-corrected chi connectivity index (χ1v) is 7.97. The molecule has 4 heteroatoms. The van der Waals surface area contributed by atoms with E-state index in [0.717, 1.165) is 33.7 Å². The van der Waals surface area contributed by atoms with E-state index in [1.54, 1.807) is 36.7 Å². The van der Waals surface area contributed by atoms with Crippen molar-refractivity contribution in [2.24, 2.45) is 4.99 Å². The summed E-state index contributed by atoms with van der Waals surface area (Å²) in [5, 5.41) is 9.49. The molecule has 0 spiro atoms. The Labute approximate surface area is 144 Å². The molecule has 0 aliphatic carbocycles. The van der Waals surface area contributed by atoms with Crippen molar-refractivity contribution in [2.75, 3.05) is 0 Å². The second-order valence-corrected chi connectivity index (χ2v) is 5.85. The number of rotatable bonds is 3. The number of hydrogen-bond acceptors (Lipinski definition) is 3. The van der Waals surface area contributed by atoms with Gasteiger partial charge in [-0.05, 0) is 65.2 Å². The highest BCUT2D eigenvalue weighted by molar-refractivity contribution is 6.16. The summed E-state index contributed by atoms with van der Waals surface area (Å²) in [5.41, 5.74) is 5.73. The van der Waals surface area contributed by atoms with E-state index >= 15 is 0 Å². The molecule has 0 atom stereocenters. The predicted molar refractivity (Wildman–Crippen MR) is 96.7 cm³/mol. The molecule has 122 valence electrons. The van der Waals surface area contributed by atoms with Crippen molar-refractivity contribution in [3.63, 3.8) is 0 Å². The summed E-state index contributed by atoms with van der Waals surface area (Å²) in [6.45, 7) is 0. The van der Waals surface area contributed by atoms with E-state index in [2.05, 4.69) is 4.98 Å². The molecule has 2 heterocycles. The van der Waals surface area contributed by atoms with Gasteiger partial charge in [0.25, 0.3) is 0 Å². The van der Waals surface area contributed by atoms with Crippen molar-refractivity contribution in [1.82, 2.24) is 4.98 Å². The van der Waals surface area contributed by atoms with Crippen LogP contribution < -0.4 is 0 Å². The number of aromatic nitrogens is 1. The normalized spacial score (nSPS) is 13.9. The number of pyridine rings is 1. The van der Waals surface area contributed by atoms with Gasteiger partial charge in [0.05, 0.1) is 11.4 Å². The zero-order valence-electron chi connectivity index (χ0n) is 13.4. The Hall–Kier alpha value is -3.27. The third-order valence-corrected chi connectivity index (χ3v) is 4.22. The number of nitrogens with zero attached hydrogens (tertiary/aromatic N) is 2. The average molecular weight is 330 g/mol. The van der Waals surface area contributed by atoms with Crippen LogP contribution in [0.4, 0.5) is 4.39 Å². The lowest BCUT2D eigenvalue weighted by molar-refractivity contribution is 0.475. The standard InChI is InChI=1S/C21H15FN2O/c22-17-5-1-14(2-6-17)19-13-20(15-3-7-18(25)8-4-15)24-21(19)16-9-11-23-12-10-16/h1-12,25H,13H2. The van der Waals surface area contributed by atoms with Gasteiger partial charge in [-0.1, -0.05) is 12.1 Å². The number of phenols is 1. The topological polar surface area (TPSA) is 45.5 Å². The van der Waals surface area contributed by atoms with Crippen molar-refractivity contribution in [3.05, 3.63) is 95.6 Å². The Morgan fingerprint density at radius 2 is 1.40 bits per heavy atom. The smallest absolute Gasteiger partial charge is 0.123 e. The summed E-state index contributed by atoms with van der Waals surface area (Å²) in [4.78, 5) is 8.90. The molecule has 1 aliphatic heterocycles. The largest absolute Gasteiger partial charge is 0.508 e. The van der Waals surface area contributed by atoms with Crippen molar-refractivity contribution in [1.29, 1.82) is 0 Å². The van der Waals surface area contributed by atoms with Crippen molar-refractivity contribution < 1.29 is 9.50 Å². The molecular formula is C21H15FN2O. The molecule has 0 saturated carbocycles. The zero-order chi connectivity index (χ0) is 17.2. The Morgan fingerprint density at radius 1 is 0.760 bits per heavy atom. The fraction of sp³-hybridized carbons (Fsp3) is 0.0476. The van der Waals surface area contributed by atoms with Crippen molar-refractivity contribution in [2.45, 2.75) is 6.42 Å². The van der Waals surface area contributed by atoms with Crippen molar-refractivity contribution in [3.8, 4) is 5.75 Å². The van der Waals surface area contributed by atoms with Gasteiger partial charge < -0.3 is 5.11 Å². The van der Waals surface area contributed by atoms with Crippen LogP contribution in [0.15, 0.2) is 78.0 Å². The quantitative estimate of drug-likeness (QED) is 0.757. The highest BCUT2D eigenvalue weighted by Gasteiger charge is 2.21. The van der Waals surface area contributed by atoms with Crippen LogP contribution in [0.3, 0.4) is 0 Å². The van der Waals surface area contributed by atoms with Gasteiger partial charge >= 0.3 is 0 Å². The number of aliphatic imine (C=N–C) groups is 1. The molecule has 1 N–H and O–H groups in total. The van der Waals surface area contributed by atoms with Gasteiger partial charge in [0.2, 0.25) is 0 Å². The molecule has 4 rings (SSSR count). The summed E-state index contributed by atoms with van der Waals surface area (Å²) in [6.07, 6.45) is 4.12. The molecule has 0 unspecified atom stereocenters. The number of benzene rings is 2. The van der Waals surface area contributed by atoms with Crippen LogP contribution in [0.1, 0.15) is 23.1 Å². The molecule has 1 aromatic heterocycles. The Balaban J connectivity index is 1.80. The van der Waals surface area contributed by atoms with E-state index in [4.69, 9.17) is 4.99 Å². The van der Waals surface area contributed by atoms with Gasteiger partial charge in [0.1, 0.15) is 11.6 Å². The van der Waals surface area contributed by atoms with E-state index in [-0.39, 0.29) is 11.6 Å². The monoisotopic (exact) mass is 330 g/mol. The number of hydrogen-bond donors (Lipinski definition) is 1. The van der Waals surface area contributed by atoms with E-state index in [1.807, 2.05) is 24.3 Å². The van der Waals surface area contributed by atoms with E-state index in [1.165, 1.54) is 12.1 Å². The maximum Gasteiger partial charge on any atom is 0.123 e. The first-order chi connectivity index (χ1) is 12.2. The zero-order valence-corrected chi connectivity index (χ0v) is 13.4. The van der Waals surface area contributed by atoms with Gasteiger partial charge in [-0.3, -0.25) is 9.98 Å². The molecule has 3 nitrogen and oxygen atoms in total. The fourth-order valence-electron chi connectivity index (χ4n) is 2.95. The minimum absolute atomic E-state index is 0.225. The van der Waals surface area contributed by atoms with Crippen LogP contribution in [0.25, 0.3) is 11.3 Å². The molecule has 25 heavy (non-hydrogen) atoms. The Kier molecular flexibility index (Phi) is 3.86. The second kappa shape index (κ2) is 6.32. The molecule has 1 aliphatic rings. The molecule has 0 radical (unpaired) electrons. The molecule has 0 fully saturated rings. The van der Waals surface area contributed by atoms with Crippen molar-refractivity contribution >= 4 is 17.0 Å². The Bertz CT molecular complexity index is 959. The summed E-state index contributed by atoms with van der Waals surface area (Å²) < 4.78 is 13.3. The highest BCUT2D eigenvalue weighted by atomic mass is 19.1. The maximum atomic E-state index is 13.3. The van der Waals surface area contributed by atoms with Gasteiger partial charge in [-0.25, -0.2) is 4.39 Å². The van der Waals surface area contributed by atoms with Crippen LogP contribution in [0, 0.1) is 5.82 Å². The minimum Gasteiger partial charge on any atom is -0.508 e. The third kappa shape index (κ3) is 3.06. The Morgan fingerprint density at radius 3 is 2.08 bits per heavy atom. The van der Waals surface area contributed by atoms with Gasteiger partial charge in [-0.2, -0.15) is 0 Å². The lowest BCUT2D eigenvalue weighted by atomic mass is 9.96. The highest BCUT2D eigenvalue weighted by Crippen LogP contribution is 2.37. The van der Waals surface area contributed by atoms with Gasteiger partial charge in [0, 0.05) is 24.4 Å². The van der Waals surface area contributed by atoms with Gasteiger partial charge in [-0.15, -0.1) is 0 Å². The fourth-order valence-corrected chi connectivity index (χ4v) is 2.95. The molecule has 0 saturated heterocycles. The number of allylic oxidation sites excluding steroid dienone is 1. The van der Waals surface area contributed by atoms with Crippen LogP contribution in [-0.2, 0) is 0 Å². The minimum atomic E-state index is -0.257. The van der Waals surface area contributed by atoms with Crippen LogP contribution >= 0.6 is 0 Å². The van der Waals surface area contributed by atoms with Crippen LogP contribution in [0.2, 0.25) is 0 Å². The molecule has 2 aromatic carbocycles. The average Bonchev–Trinajstić information content (AvgIpc) is 3.09. The van der Waals surface area contributed by atoms with E-state index in [9.17, 15) is 9.50 Å². The number of halogens is 1. The number of aromatic hydroxyl groups is 1. The molecular weight excluding hydrogens is 315 g/mol. The molecule has 0 amide bonds. The SMILES string of the molecule is Oc1ccc(C2=NC(c3ccncc3)=C(c3ccc(F)cc3)C2)cc1. The lowest BCUT2D eigenvalue weighted by Crippen LogP contribution is -1.97.